The second-order valence-corrected chi connectivity index (χ2v) is 7.62. The maximum Gasteiger partial charge on any atom is 0.250 e. The van der Waals surface area contributed by atoms with Gasteiger partial charge in [-0.05, 0) is 25.1 Å². The van der Waals surface area contributed by atoms with Crippen LogP contribution in [-0.2, 0) is 24.7 Å². The van der Waals surface area contributed by atoms with Gasteiger partial charge in [0.05, 0.1) is 31.1 Å². The van der Waals surface area contributed by atoms with E-state index >= 15 is 0 Å². The number of nitrogens with one attached hydrogen (secondary N) is 2. The zero-order valence-corrected chi connectivity index (χ0v) is 15.6. The van der Waals surface area contributed by atoms with E-state index in [1.807, 2.05) is 0 Å². The third-order valence-electron chi connectivity index (χ3n) is 5.74. The van der Waals surface area contributed by atoms with Gasteiger partial charge in [-0.2, -0.15) is 0 Å². The minimum absolute atomic E-state index is 0.105. The van der Waals surface area contributed by atoms with Crippen molar-refractivity contribution in [3.05, 3.63) is 28.8 Å². The quantitative estimate of drug-likeness (QED) is 0.626. The molecule has 8 nitrogen and oxygen atoms in total. The van der Waals surface area contributed by atoms with Crippen LogP contribution >= 0.6 is 11.6 Å². The van der Waals surface area contributed by atoms with Crippen molar-refractivity contribution in [3.63, 3.8) is 0 Å². The minimum Gasteiger partial charge on any atom is -0.392 e. The molecule has 3 aliphatic rings. The number of aliphatic hydroxyl groups excluding tert-OH is 1. The first-order valence-corrected chi connectivity index (χ1v) is 9.12. The molecule has 1 aromatic carbocycles. The molecular formula is C18H20ClN3O5. The molecule has 0 aliphatic carbocycles. The Hall–Kier alpha value is -2.00. The number of likely N-dealkylation sites (tertiary alicyclic amines) is 1. The van der Waals surface area contributed by atoms with Gasteiger partial charge in [0, 0.05) is 29.4 Å². The number of aliphatic hydroxyl groups is 1. The first kappa shape index (κ1) is 18.4. The van der Waals surface area contributed by atoms with E-state index in [0.717, 1.165) is 4.90 Å². The molecule has 2 saturated heterocycles. The van der Waals surface area contributed by atoms with E-state index in [4.69, 9.17) is 16.3 Å². The molecule has 5 atom stereocenters. The van der Waals surface area contributed by atoms with Crippen LogP contribution in [0.2, 0.25) is 5.02 Å². The lowest BCUT2D eigenvalue weighted by atomic mass is 9.76. The maximum absolute atomic E-state index is 13.2. The molecule has 3 aliphatic heterocycles. The number of ether oxygens (including phenoxy) is 1. The number of hydrogen-bond acceptors (Lipinski definition) is 6. The van der Waals surface area contributed by atoms with Crippen LogP contribution in [0.3, 0.4) is 0 Å². The van der Waals surface area contributed by atoms with Crippen molar-refractivity contribution in [1.82, 2.24) is 10.2 Å². The normalized spacial score (nSPS) is 32.8. The van der Waals surface area contributed by atoms with Gasteiger partial charge in [0.15, 0.2) is 0 Å². The van der Waals surface area contributed by atoms with Gasteiger partial charge in [-0.25, -0.2) is 0 Å². The van der Waals surface area contributed by atoms with Gasteiger partial charge in [0.1, 0.15) is 5.54 Å². The predicted octanol–water partition coefficient (Wildman–Crippen LogP) is 0.0876. The number of imide groups is 1. The molecule has 3 N–H and O–H groups in total. The summed E-state index contributed by atoms with van der Waals surface area (Å²) >= 11 is 6.14. The lowest BCUT2D eigenvalue weighted by Crippen LogP contribution is -2.55. The Kier molecular flexibility index (Phi) is 4.27. The molecule has 144 valence electrons. The molecule has 1 spiro atoms. The van der Waals surface area contributed by atoms with Crippen LogP contribution in [0.25, 0.3) is 0 Å². The number of halogens is 1. The molecule has 4 rings (SSSR count). The summed E-state index contributed by atoms with van der Waals surface area (Å²) in [6.07, 6.45) is -0.938. The second kappa shape index (κ2) is 6.27. The Morgan fingerprint density at radius 3 is 2.74 bits per heavy atom. The Morgan fingerprint density at radius 2 is 2.07 bits per heavy atom. The third kappa shape index (κ3) is 2.37. The van der Waals surface area contributed by atoms with E-state index in [9.17, 15) is 19.5 Å². The first-order chi connectivity index (χ1) is 12.8. The van der Waals surface area contributed by atoms with Crippen LogP contribution in [-0.4, -0.2) is 60.1 Å². The highest BCUT2D eigenvalue weighted by Crippen LogP contribution is 2.53. The zero-order valence-electron chi connectivity index (χ0n) is 14.9. The predicted molar refractivity (Wildman–Crippen MR) is 95.9 cm³/mol. The van der Waals surface area contributed by atoms with Crippen LogP contribution in [0, 0.1) is 11.8 Å². The van der Waals surface area contributed by atoms with Crippen molar-refractivity contribution in [3.8, 4) is 0 Å². The molecule has 0 unspecified atom stereocenters. The molecule has 0 bridgehead atoms. The number of anilines is 1. The van der Waals surface area contributed by atoms with Gasteiger partial charge in [0.25, 0.3) is 0 Å². The molecule has 3 amide bonds. The van der Waals surface area contributed by atoms with E-state index < -0.39 is 47.2 Å². The summed E-state index contributed by atoms with van der Waals surface area (Å²) in [7, 11) is 1.48. The Balaban J connectivity index is 1.86. The molecule has 0 radical (unpaired) electrons. The fourth-order valence-electron chi connectivity index (χ4n) is 4.58. The summed E-state index contributed by atoms with van der Waals surface area (Å²) < 4.78 is 5.00. The van der Waals surface area contributed by atoms with Crippen molar-refractivity contribution in [1.29, 1.82) is 0 Å². The van der Waals surface area contributed by atoms with Crippen molar-refractivity contribution >= 4 is 35.0 Å². The topological polar surface area (TPSA) is 108 Å². The lowest BCUT2D eigenvalue weighted by molar-refractivity contribution is -0.143. The third-order valence-corrected chi connectivity index (χ3v) is 5.98. The van der Waals surface area contributed by atoms with Crippen molar-refractivity contribution in [2.45, 2.75) is 24.6 Å². The standard InChI is InChI=1S/C18H20ClN3O5/c1-8(23)14-12-13(16(25)22(15(12)24)5-6-27-2)18(21-14)10-7-9(19)3-4-11(10)20-17(18)26/h3-4,7-8,12-14,21,23H,5-6H2,1-2H3,(H,20,26)/t8-,12+,13+,14+,18+/m1/s1. The monoisotopic (exact) mass is 393 g/mol. The lowest BCUT2D eigenvalue weighted by Gasteiger charge is -2.30. The molecule has 0 saturated carbocycles. The smallest absolute Gasteiger partial charge is 0.250 e. The molecule has 3 heterocycles. The first-order valence-electron chi connectivity index (χ1n) is 8.74. The van der Waals surface area contributed by atoms with Crippen LogP contribution in [0.4, 0.5) is 5.69 Å². The fourth-order valence-corrected chi connectivity index (χ4v) is 4.75. The number of carbonyl (C=O) groups is 3. The Bertz CT molecular complexity index is 844. The van der Waals surface area contributed by atoms with Crippen molar-refractivity contribution in [2.24, 2.45) is 11.8 Å². The Morgan fingerprint density at radius 1 is 1.33 bits per heavy atom. The number of benzene rings is 1. The van der Waals surface area contributed by atoms with E-state index in [2.05, 4.69) is 10.6 Å². The summed E-state index contributed by atoms with van der Waals surface area (Å²) in [4.78, 5) is 40.3. The van der Waals surface area contributed by atoms with Gasteiger partial charge in [-0.3, -0.25) is 24.6 Å². The average Bonchev–Trinajstić information content (AvgIpc) is 3.20. The molecule has 0 aromatic heterocycles. The number of methoxy groups -OCH3 is 1. The van der Waals surface area contributed by atoms with Gasteiger partial charge < -0.3 is 15.2 Å². The minimum atomic E-state index is -1.44. The number of fused-ring (bicyclic) bond motifs is 4. The number of hydrogen-bond donors (Lipinski definition) is 3. The van der Waals surface area contributed by atoms with Gasteiger partial charge >= 0.3 is 0 Å². The molecular weight excluding hydrogens is 374 g/mol. The second-order valence-electron chi connectivity index (χ2n) is 7.19. The number of rotatable bonds is 4. The summed E-state index contributed by atoms with van der Waals surface area (Å²) in [5.74, 6) is -3.07. The highest BCUT2D eigenvalue weighted by Gasteiger charge is 2.71. The molecule has 27 heavy (non-hydrogen) atoms. The molecule has 1 aromatic rings. The number of amides is 3. The van der Waals surface area contributed by atoms with Crippen LogP contribution in [0.5, 0.6) is 0 Å². The van der Waals surface area contributed by atoms with Crippen molar-refractivity contribution < 1.29 is 24.2 Å². The summed E-state index contributed by atoms with van der Waals surface area (Å²) in [5.41, 5.74) is -0.383. The van der Waals surface area contributed by atoms with Gasteiger partial charge in [0.2, 0.25) is 17.7 Å². The molecule has 9 heteroatoms. The van der Waals surface area contributed by atoms with E-state index in [1.165, 1.54) is 14.0 Å². The van der Waals surface area contributed by atoms with Gasteiger partial charge in [-0.15, -0.1) is 0 Å². The highest BCUT2D eigenvalue weighted by atomic mass is 35.5. The zero-order chi connectivity index (χ0) is 19.5. The maximum atomic E-state index is 13.2. The summed E-state index contributed by atoms with van der Waals surface area (Å²) in [5, 5.41) is 16.6. The van der Waals surface area contributed by atoms with Crippen LogP contribution in [0.15, 0.2) is 18.2 Å². The summed E-state index contributed by atoms with van der Waals surface area (Å²) in [6, 6.07) is 4.19. The summed E-state index contributed by atoms with van der Waals surface area (Å²) in [6.45, 7) is 1.84. The number of carbonyl (C=O) groups excluding carboxylic acids is 3. The fraction of sp³-hybridized carbons (Fsp3) is 0.500. The van der Waals surface area contributed by atoms with E-state index in [0.29, 0.717) is 16.3 Å². The largest absolute Gasteiger partial charge is 0.392 e. The molecule has 2 fully saturated rings. The van der Waals surface area contributed by atoms with E-state index in [-0.39, 0.29) is 13.2 Å². The van der Waals surface area contributed by atoms with Crippen LogP contribution < -0.4 is 10.6 Å². The Labute approximate surface area is 160 Å². The van der Waals surface area contributed by atoms with E-state index in [1.54, 1.807) is 18.2 Å². The number of nitrogens with zero attached hydrogens (tertiary/aromatic N) is 1. The van der Waals surface area contributed by atoms with Crippen LogP contribution in [0.1, 0.15) is 12.5 Å². The average molecular weight is 394 g/mol. The highest BCUT2D eigenvalue weighted by molar-refractivity contribution is 6.31. The van der Waals surface area contributed by atoms with Crippen molar-refractivity contribution in [2.75, 3.05) is 25.6 Å². The van der Waals surface area contributed by atoms with Gasteiger partial charge in [-0.1, -0.05) is 11.6 Å². The SMILES string of the molecule is COCCN1C(=O)[C@@H]2[C@H]([C@@H](C)O)N[C@]3(C(=O)Nc4ccc(Cl)cc43)[C@@H]2C1=O.